The number of likely N-dealkylation sites (tertiary alicyclic amines) is 1. The Bertz CT molecular complexity index is 183. The standard InChI is InChI=1S/C7H12N3O2/c8-6(11)5-3-1-2-4-10(5)7(9)12/h1,5H,2-4H2,(H2,8,11)(H2,9,12). The molecule has 1 fully saturated rings. The second kappa shape index (κ2) is 3.42. The molecule has 1 unspecified atom stereocenters. The summed E-state index contributed by atoms with van der Waals surface area (Å²) >= 11 is 0. The van der Waals surface area contributed by atoms with Crippen molar-refractivity contribution in [1.29, 1.82) is 0 Å². The molecule has 1 saturated heterocycles. The molecule has 67 valence electrons. The lowest BCUT2D eigenvalue weighted by molar-refractivity contribution is -0.122. The van der Waals surface area contributed by atoms with Crippen molar-refractivity contribution < 1.29 is 9.59 Å². The summed E-state index contributed by atoms with van der Waals surface area (Å²) in [7, 11) is 0. The van der Waals surface area contributed by atoms with Crippen molar-refractivity contribution in [2.24, 2.45) is 11.5 Å². The van der Waals surface area contributed by atoms with Gasteiger partial charge in [-0.1, -0.05) is 0 Å². The monoisotopic (exact) mass is 170 g/mol. The summed E-state index contributed by atoms with van der Waals surface area (Å²) in [6.07, 6.45) is 3.22. The first-order valence-electron chi connectivity index (χ1n) is 3.80. The first kappa shape index (κ1) is 8.83. The molecule has 12 heavy (non-hydrogen) atoms. The Morgan fingerprint density at radius 3 is 2.50 bits per heavy atom. The van der Waals surface area contributed by atoms with Crippen LogP contribution in [0, 0.1) is 6.42 Å². The molecule has 0 saturated carbocycles. The van der Waals surface area contributed by atoms with E-state index in [2.05, 4.69) is 0 Å². The number of nitrogens with zero attached hydrogens (tertiary/aromatic N) is 1. The lowest BCUT2D eigenvalue weighted by Gasteiger charge is -2.31. The van der Waals surface area contributed by atoms with Gasteiger partial charge < -0.3 is 16.4 Å². The molecule has 0 aromatic rings. The molecule has 0 aliphatic carbocycles. The summed E-state index contributed by atoms with van der Waals surface area (Å²) in [6.45, 7) is 0.489. The lowest BCUT2D eigenvalue weighted by Crippen LogP contribution is -2.52. The van der Waals surface area contributed by atoms with Gasteiger partial charge in [0.1, 0.15) is 6.04 Å². The highest BCUT2D eigenvalue weighted by Crippen LogP contribution is 2.14. The Morgan fingerprint density at radius 2 is 2.08 bits per heavy atom. The second-order valence-electron chi connectivity index (χ2n) is 2.76. The van der Waals surface area contributed by atoms with Crippen LogP contribution in [0.1, 0.15) is 12.8 Å². The third-order valence-corrected chi connectivity index (χ3v) is 1.95. The molecule has 5 heteroatoms. The molecule has 0 bridgehead atoms. The van der Waals surface area contributed by atoms with Gasteiger partial charge in [0, 0.05) is 6.54 Å². The van der Waals surface area contributed by atoms with E-state index in [4.69, 9.17) is 11.5 Å². The van der Waals surface area contributed by atoms with Crippen LogP contribution in [0.15, 0.2) is 0 Å². The van der Waals surface area contributed by atoms with Crippen LogP contribution < -0.4 is 11.5 Å². The topological polar surface area (TPSA) is 89.4 Å². The minimum atomic E-state index is -0.577. The zero-order valence-corrected chi connectivity index (χ0v) is 6.69. The first-order chi connectivity index (χ1) is 5.63. The highest BCUT2D eigenvalue weighted by Gasteiger charge is 2.28. The summed E-state index contributed by atoms with van der Waals surface area (Å²) in [5, 5.41) is 0. The van der Waals surface area contributed by atoms with E-state index < -0.39 is 18.0 Å². The summed E-state index contributed by atoms with van der Waals surface area (Å²) < 4.78 is 0. The minimum absolute atomic E-state index is 0.489. The van der Waals surface area contributed by atoms with Gasteiger partial charge in [0.2, 0.25) is 5.91 Å². The van der Waals surface area contributed by atoms with Gasteiger partial charge in [0.05, 0.1) is 0 Å². The maximum atomic E-state index is 10.8. The maximum Gasteiger partial charge on any atom is 0.315 e. The van der Waals surface area contributed by atoms with Gasteiger partial charge in [-0.05, 0) is 19.3 Å². The third kappa shape index (κ3) is 1.66. The normalized spacial score (nSPS) is 23.7. The third-order valence-electron chi connectivity index (χ3n) is 1.95. The van der Waals surface area contributed by atoms with Crippen molar-refractivity contribution in [3.63, 3.8) is 0 Å². The van der Waals surface area contributed by atoms with Crippen molar-refractivity contribution in [3.05, 3.63) is 6.42 Å². The Balaban J connectivity index is 2.67. The molecule has 5 nitrogen and oxygen atoms in total. The van der Waals surface area contributed by atoms with E-state index in [0.717, 1.165) is 6.42 Å². The average Bonchev–Trinajstić information content (AvgIpc) is 2.04. The van der Waals surface area contributed by atoms with Crippen LogP contribution in [0.5, 0.6) is 0 Å². The fraction of sp³-hybridized carbons (Fsp3) is 0.571. The first-order valence-corrected chi connectivity index (χ1v) is 3.80. The molecule has 0 aromatic carbocycles. The molecule has 0 spiro atoms. The Morgan fingerprint density at radius 1 is 1.42 bits per heavy atom. The van der Waals surface area contributed by atoms with Crippen LogP contribution in [0.25, 0.3) is 0 Å². The number of nitrogens with two attached hydrogens (primary N) is 2. The summed E-state index contributed by atoms with van der Waals surface area (Å²) in [5.41, 5.74) is 10.1. The minimum Gasteiger partial charge on any atom is -0.368 e. The van der Waals surface area contributed by atoms with Crippen LogP contribution >= 0.6 is 0 Å². The van der Waals surface area contributed by atoms with Gasteiger partial charge >= 0.3 is 6.03 Å². The van der Waals surface area contributed by atoms with Gasteiger partial charge in [0.15, 0.2) is 0 Å². The van der Waals surface area contributed by atoms with Crippen molar-refractivity contribution >= 4 is 11.9 Å². The van der Waals surface area contributed by atoms with E-state index in [1.54, 1.807) is 0 Å². The van der Waals surface area contributed by atoms with Gasteiger partial charge in [-0.2, -0.15) is 0 Å². The van der Waals surface area contributed by atoms with E-state index in [1.165, 1.54) is 4.90 Å². The molecule has 4 N–H and O–H groups in total. The van der Waals surface area contributed by atoms with E-state index in [1.807, 2.05) is 6.42 Å². The highest BCUT2D eigenvalue weighted by molar-refractivity contribution is 5.85. The second-order valence-corrected chi connectivity index (χ2v) is 2.76. The highest BCUT2D eigenvalue weighted by atomic mass is 16.2. The summed E-state index contributed by atoms with van der Waals surface area (Å²) in [4.78, 5) is 22.9. The van der Waals surface area contributed by atoms with E-state index in [-0.39, 0.29) is 0 Å². The molecular weight excluding hydrogens is 158 g/mol. The predicted molar refractivity (Wildman–Crippen MR) is 42.8 cm³/mol. The van der Waals surface area contributed by atoms with E-state index in [0.29, 0.717) is 13.0 Å². The fourth-order valence-corrected chi connectivity index (χ4v) is 1.32. The van der Waals surface area contributed by atoms with Crippen molar-refractivity contribution in [2.75, 3.05) is 6.54 Å². The number of carbonyl (C=O) groups excluding carboxylic acids is 2. The van der Waals surface area contributed by atoms with Gasteiger partial charge in [-0.3, -0.25) is 4.79 Å². The zero-order valence-electron chi connectivity index (χ0n) is 6.69. The van der Waals surface area contributed by atoms with Crippen molar-refractivity contribution in [3.8, 4) is 0 Å². The van der Waals surface area contributed by atoms with E-state index in [9.17, 15) is 9.59 Å². The Hall–Kier alpha value is -1.26. The lowest BCUT2D eigenvalue weighted by atomic mass is 10.0. The number of carbonyl (C=O) groups is 2. The number of piperidine rings is 1. The zero-order chi connectivity index (χ0) is 9.14. The molecule has 0 aromatic heterocycles. The summed E-state index contributed by atoms with van der Waals surface area (Å²) in [5.74, 6) is -0.496. The van der Waals surface area contributed by atoms with Gasteiger partial charge in [0.25, 0.3) is 0 Å². The molecule has 3 amide bonds. The summed E-state index contributed by atoms with van der Waals surface area (Å²) in [6, 6.07) is -1.12. The van der Waals surface area contributed by atoms with Gasteiger partial charge in [-0.15, -0.1) is 0 Å². The molecule has 1 atom stereocenters. The quantitative estimate of drug-likeness (QED) is 0.540. The molecule has 1 rings (SSSR count). The smallest absolute Gasteiger partial charge is 0.315 e. The SMILES string of the molecule is NC(=O)C1C[CH]CCN1C(N)=O. The molecule has 1 aliphatic heterocycles. The molecule has 1 aliphatic rings. The van der Waals surface area contributed by atoms with Crippen LogP contribution in [0.2, 0.25) is 0 Å². The fourth-order valence-electron chi connectivity index (χ4n) is 1.32. The van der Waals surface area contributed by atoms with Crippen LogP contribution in [-0.2, 0) is 4.79 Å². The van der Waals surface area contributed by atoms with Gasteiger partial charge in [-0.25, -0.2) is 4.79 Å². The van der Waals surface area contributed by atoms with E-state index >= 15 is 0 Å². The molecule has 1 heterocycles. The van der Waals surface area contributed by atoms with Crippen LogP contribution in [0.3, 0.4) is 0 Å². The van der Waals surface area contributed by atoms with Crippen molar-refractivity contribution in [2.45, 2.75) is 18.9 Å². The van der Waals surface area contributed by atoms with Crippen LogP contribution in [0.4, 0.5) is 4.79 Å². The number of hydrogen-bond acceptors (Lipinski definition) is 2. The largest absolute Gasteiger partial charge is 0.368 e. The Kier molecular flexibility index (Phi) is 2.52. The predicted octanol–water partition coefficient (Wildman–Crippen LogP) is -0.781. The number of rotatable bonds is 1. The Labute approximate surface area is 70.7 Å². The number of urea groups is 1. The number of hydrogen-bond donors (Lipinski definition) is 2. The number of amides is 3. The maximum absolute atomic E-state index is 10.8. The average molecular weight is 170 g/mol. The van der Waals surface area contributed by atoms with Crippen LogP contribution in [-0.4, -0.2) is 29.4 Å². The molecular formula is C7H12N3O2. The number of primary amides is 2. The molecule has 1 radical (unpaired) electrons. The van der Waals surface area contributed by atoms with Crippen molar-refractivity contribution in [1.82, 2.24) is 4.90 Å².